The van der Waals surface area contributed by atoms with E-state index in [4.69, 9.17) is 19.9 Å². The second kappa shape index (κ2) is 12.5. The van der Waals surface area contributed by atoms with Crippen molar-refractivity contribution in [1.29, 1.82) is 0 Å². The van der Waals surface area contributed by atoms with Gasteiger partial charge in [0.25, 0.3) is 0 Å². The lowest BCUT2D eigenvalue weighted by Crippen LogP contribution is -2.52. The first-order valence-electron chi connectivity index (χ1n) is 12.6. The van der Waals surface area contributed by atoms with Crippen molar-refractivity contribution in [2.45, 2.75) is 99.6 Å². The van der Waals surface area contributed by atoms with E-state index in [9.17, 15) is 24.3 Å². The molecule has 0 aliphatic rings. The maximum absolute atomic E-state index is 12.6. The summed E-state index contributed by atoms with van der Waals surface area (Å²) in [4.78, 5) is 49.4. The molecule has 0 radical (unpaired) electrons. The number of ether oxygens (including phenoxy) is 3. The number of carboxylic acid groups (broad SMARTS) is 1. The summed E-state index contributed by atoms with van der Waals surface area (Å²) in [6.07, 6.45) is 0.0453. The summed E-state index contributed by atoms with van der Waals surface area (Å²) in [6.45, 7) is 15.6. The van der Waals surface area contributed by atoms with E-state index in [2.05, 4.69) is 0 Å². The topological polar surface area (TPSA) is 142 Å². The summed E-state index contributed by atoms with van der Waals surface area (Å²) in [5.41, 5.74) is 3.31. The van der Waals surface area contributed by atoms with Gasteiger partial charge in [-0.25, -0.2) is 0 Å². The van der Waals surface area contributed by atoms with Crippen LogP contribution in [0.5, 0.6) is 11.5 Å². The lowest BCUT2D eigenvalue weighted by Gasteiger charge is -2.28. The van der Waals surface area contributed by atoms with E-state index < -0.39 is 46.4 Å². The Morgan fingerprint density at radius 1 is 0.919 bits per heavy atom. The minimum Gasteiger partial charge on any atom is -0.480 e. The summed E-state index contributed by atoms with van der Waals surface area (Å²) in [5, 5.41) is 9.92. The summed E-state index contributed by atoms with van der Waals surface area (Å²) < 4.78 is 16.4. The van der Waals surface area contributed by atoms with Crippen LogP contribution in [0.4, 0.5) is 0 Å². The standard InChI is InChI=1S/C28H43NO8/c1-10-17(2)13-22(30)35-18(3)15-28(29,23(31)32)16-19-11-12-20(36-24(33)26(4,5)6)21(14-19)37-25(34)27(7,8)9/h11-12,14,17-18H,10,13,15-16,29H2,1-9H3,(H,31,32)/t17?,18-,28?/m0/s1. The Morgan fingerprint density at radius 3 is 1.89 bits per heavy atom. The Balaban J connectivity index is 3.24. The highest BCUT2D eigenvalue weighted by molar-refractivity contribution is 5.82. The number of aliphatic carboxylic acids is 1. The largest absolute Gasteiger partial charge is 0.480 e. The molecule has 37 heavy (non-hydrogen) atoms. The SMILES string of the molecule is CCC(C)CC(=O)O[C@@H](C)CC(N)(Cc1ccc(OC(=O)C(C)(C)C)c(OC(=O)C(C)(C)C)c1)C(=O)O. The third-order valence-electron chi connectivity index (χ3n) is 5.78. The molecule has 0 amide bonds. The summed E-state index contributed by atoms with van der Waals surface area (Å²) in [6, 6.07) is 4.45. The highest BCUT2D eigenvalue weighted by atomic mass is 16.6. The number of hydrogen-bond acceptors (Lipinski definition) is 8. The predicted molar refractivity (Wildman–Crippen MR) is 139 cm³/mol. The van der Waals surface area contributed by atoms with Crippen molar-refractivity contribution >= 4 is 23.9 Å². The van der Waals surface area contributed by atoms with Crippen molar-refractivity contribution in [3.8, 4) is 11.5 Å². The van der Waals surface area contributed by atoms with Gasteiger partial charge in [0.15, 0.2) is 11.5 Å². The van der Waals surface area contributed by atoms with Gasteiger partial charge in [0.05, 0.1) is 10.8 Å². The van der Waals surface area contributed by atoms with Crippen LogP contribution in [-0.2, 0) is 30.3 Å². The zero-order chi connectivity index (χ0) is 28.8. The molecule has 0 saturated heterocycles. The van der Waals surface area contributed by atoms with Crippen molar-refractivity contribution in [3.05, 3.63) is 23.8 Å². The molecule has 2 unspecified atom stereocenters. The molecule has 1 aromatic rings. The van der Waals surface area contributed by atoms with E-state index in [0.717, 1.165) is 6.42 Å². The first-order chi connectivity index (χ1) is 16.8. The number of carbonyl (C=O) groups excluding carboxylic acids is 3. The average Bonchev–Trinajstić information content (AvgIpc) is 2.73. The van der Waals surface area contributed by atoms with E-state index in [1.165, 1.54) is 12.1 Å². The zero-order valence-corrected chi connectivity index (χ0v) is 23.6. The number of benzene rings is 1. The highest BCUT2D eigenvalue weighted by Gasteiger charge is 2.37. The van der Waals surface area contributed by atoms with Gasteiger partial charge in [-0.05, 0) is 72.1 Å². The molecule has 3 N–H and O–H groups in total. The Kier molecular flexibility index (Phi) is 10.9. The summed E-state index contributed by atoms with van der Waals surface area (Å²) >= 11 is 0. The third-order valence-corrected chi connectivity index (χ3v) is 5.78. The van der Waals surface area contributed by atoms with E-state index in [1.807, 2.05) is 13.8 Å². The summed E-state index contributed by atoms with van der Waals surface area (Å²) in [7, 11) is 0. The molecule has 3 atom stereocenters. The minimum atomic E-state index is -1.77. The van der Waals surface area contributed by atoms with E-state index >= 15 is 0 Å². The van der Waals surface area contributed by atoms with Crippen LogP contribution in [0.1, 0.15) is 87.1 Å². The van der Waals surface area contributed by atoms with Crippen LogP contribution in [0.3, 0.4) is 0 Å². The monoisotopic (exact) mass is 521 g/mol. The second-order valence-corrected chi connectivity index (χ2v) is 11.9. The van der Waals surface area contributed by atoms with Gasteiger partial charge in [0.1, 0.15) is 11.6 Å². The zero-order valence-electron chi connectivity index (χ0n) is 23.6. The lowest BCUT2D eigenvalue weighted by atomic mass is 9.86. The quantitative estimate of drug-likeness (QED) is 0.314. The molecule has 0 aromatic heterocycles. The molecular formula is C28H43NO8. The van der Waals surface area contributed by atoms with Gasteiger partial charge in [-0.15, -0.1) is 0 Å². The number of esters is 3. The van der Waals surface area contributed by atoms with Crippen LogP contribution in [0.15, 0.2) is 18.2 Å². The molecule has 1 rings (SSSR count). The van der Waals surface area contributed by atoms with Crippen LogP contribution in [-0.4, -0.2) is 40.6 Å². The molecule has 9 heteroatoms. The molecule has 0 heterocycles. The Morgan fingerprint density at radius 2 is 1.43 bits per heavy atom. The second-order valence-electron chi connectivity index (χ2n) is 11.9. The number of rotatable bonds is 11. The Hall–Kier alpha value is -2.94. The smallest absolute Gasteiger partial charge is 0.324 e. The van der Waals surface area contributed by atoms with Gasteiger partial charge in [0.2, 0.25) is 0 Å². The van der Waals surface area contributed by atoms with Crippen LogP contribution in [0.2, 0.25) is 0 Å². The molecule has 1 aromatic carbocycles. The number of carboxylic acids is 1. The number of nitrogens with two attached hydrogens (primary N) is 1. The van der Waals surface area contributed by atoms with Crippen LogP contribution >= 0.6 is 0 Å². The molecular weight excluding hydrogens is 478 g/mol. The first-order valence-corrected chi connectivity index (χ1v) is 12.6. The Bertz CT molecular complexity index is 989. The maximum atomic E-state index is 12.6. The predicted octanol–water partition coefficient (Wildman–Crippen LogP) is 4.67. The fourth-order valence-corrected chi connectivity index (χ4v) is 3.19. The normalized spacial score (nSPS) is 15.2. The van der Waals surface area contributed by atoms with Crippen molar-refractivity contribution in [2.24, 2.45) is 22.5 Å². The number of hydrogen-bond donors (Lipinski definition) is 2. The van der Waals surface area contributed by atoms with Crippen molar-refractivity contribution in [3.63, 3.8) is 0 Å². The Labute approximate surface area is 220 Å². The molecule has 9 nitrogen and oxygen atoms in total. The molecule has 0 aliphatic carbocycles. The summed E-state index contributed by atoms with van der Waals surface area (Å²) in [5.74, 6) is -2.59. The fourth-order valence-electron chi connectivity index (χ4n) is 3.19. The molecule has 0 fully saturated rings. The van der Waals surface area contributed by atoms with E-state index in [1.54, 1.807) is 54.5 Å². The number of carbonyl (C=O) groups is 4. The van der Waals surface area contributed by atoms with Gasteiger partial charge in [-0.1, -0.05) is 26.3 Å². The molecule has 0 aliphatic heterocycles. The molecule has 0 spiro atoms. The van der Waals surface area contributed by atoms with Gasteiger partial charge in [0, 0.05) is 19.3 Å². The molecule has 208 valence electrons. The van der Waals surface area contributed by atoms with Crippen molar-refractivity contribution in [1.82, 2.24) is 0 Å². The fraction of sp³-hybridized carbons (Fsp3) is 0.643. The third kappa shape index (κ3) is 10.1. The molecule has 0 saturated carbocycles. The van der Waals surface area contributed by atoms with Crippen molar-refractivity contribution < 1.29 is 38.5 Å². The van der Waals surface area contributed by atoms with Gasteiger partial charge in [-0.3, -0.25) is 19.2 Å². The van der Waals surface area contributed by atoms with Crippen LogP contribution < -0.4 is 15.2 Å². The minimum absolute atomic E-state index is 0.0178. The highest BCUT2D eigenvalue weighted by Crippen LogP contribution is 2.34. The maximum Gasteiger partial charge on any atom is 0.324 e. The lowest BCUT2D eigenvalue weighted by molar-refractivity contribution is -0.154. The van der Waals surface area contributed by atoms with Crippen LogP contribution in [0, 0.1) is 16.7 Å². The van der Waals surface area contributed by atoms with E-state index in [-0.39, 0.29) is 36.7 Å². The first kappa shape index (κ1) is 32.1. The van der Waals surface area contributed by atoms with Gasteiger partial charge in [-0.2, -0.15) is 0 Å². The van der Waals surface area contributed by atoms with E-state index in [0.29, 0.717) is 5.56 Å². The average molecular weight is 522 g/mol. The van der Waals surface area contributed by atoms with Crippen molar-refractivity contribution in [2.75, 3.05) is 0 Å². The van der Waals surface area contributed by atoms with Gasteiger partial charge >= 0.3 is 23.9 Å². The molecule has 0 bridgehead atoms. The van der Waals surface area contributed by atoms with Gasteiger partial charge < -0.3 is 25.1 Å². The van der Waals surface area contributed by atoms with Crippen LogP contribution in [0.25, 0.3) is 0 Å².